The Morgan fingerprint density at radius 1 is 1.28 bits per heavy atom. The second-order valence-electron chi connectivity index (χ2n) is 4.47. The van der Waals surface area contributed by atoms with Gasteiger partial charge in [0.2, 0.25) is 0 Å². The van der Waals surface area contributed by atoms with Crippen LogP contribution >= 0.6 is 19.4 Å². The fourth-order valence-electron chi connectivity index (χ4n) is 2.04. The van der Waals surface area contributed by atoms with Gasteiger partial charge in [-0.2, -0.15) is 0 Å². The maximum atomic E-state index is 6.08. The van der Waals surface area contributed by atoms with Gasteiger partial charge < -0.3 is 0 Å². The van der Waals surface area contributed by atoms with Crippen LogP contribution in [0.5, 0.6) is 5.75 Å². The summed E-state index contributed by atoms with van der Waals surface area (Å²) in [5.41, 5.74) is 1.03. The first-order valence-corrected chi connectivity index (χ1v) is 11.4. The van der Waals surface area contributed by atoms with Crippen molar-refractivity contribution in [2.45, 2.75) is 18.9 Å². The monoisotopic (exact) mass is 375 g/mol. The SMILES string of the molecule is CN1CCC(Oc2ccccc2[CH]=[Ru]([Cl])[Cl])CC1. The summed E-state index contributed by atoms with van der Waals surface area (Å²) in [7, 11) is 14.0. The van der Waals surface area contributed by atoms with Gasteiger partial charge in [0.1, 0.15) is 0 Å². The molecule has 0 aliphatic carbocycles. The van der Waals surface area contributed by atoms with Crippen molar-refractivity contribution in [3.8, 4) is 5.75 Å². The summed E-state index contributed by atoms with van der Waals surface area (Å²) >= 11 is -1.80. The number of nitrogens with zero attached hydrogens (tertiary/aromatic N) is 1. The zero-order valence-corrected chi connectivity index (χ0v) is 13.5. The summed E-state index contributed by atoms with van der Waals surface area (Å²) in [5.74, 6) is 0.909. The van der Waals surface area contributed by atoms with Gasteiger partial charge in [0.25, 0.3) is 0 Å². The molecule has 1 saturated heterocycles. The number of piperidine rings is 1. The van der Waals surface area contributed by atoms with E-state index >= 15 is 0 Å². The Morgan fingerprint density at radius 3 is 2.61 bits per heavy atom. The summed E-state index contributed by atoms with van der Waals surface area (Å²) in [6, 6.07) is 7.98. The van der Waals surface area contributed by atoms with Crippen molar-refractivity contribution in [2.24, 2.45) is 0 Å². The van der Waals surface area contributed by atoms with Crippen molar-refractivity contribution in [3.63, 3.8) is 0 Å². The van der Waals surface area contributed by atoms with Gasteiger partial charge in [0.15, 0.2) is 0 Å². The number of rotatable bonds is 3. The molecule has 0 spiro atoms. The van der Waals surface area contributed by atoms with E-state index in [4.69, 9.17) is 24.1 Å². The van der Waals surface area contributed by atoms with Crippen LogP contribution in [-0.4, -0.2) is 35.8 Å². The molecule has 0 amide bonds. The predicted octanol–water partition coefficient (Wildman–Crippen LogP) is 3.24. The second-order valence-corrected chi connectivity index (χ2v) is 10.2. The molecule has 5 heteroatoms. The van der Waals surface area contributed by atoms with Crippen LogP contribution in [0.1, 0.15) is 18.4 Å². The third-order valence-corrected chi connectivity index (χ3v) is 4.90. The van der Waals surface area contributed by atoms with Crippen LogP contribution in [0.2, 0.25) is 0 Å². The van der Waals surface area contributed by atoms with Crippen LogP contribution in [-0.2, 0) is 13.5 Å². The number of benzene rings is 1. The van der Waals surface area contributed by atoms with Crippen LogP contribution in [0, 0.1) is 0 Å². The summed E-state index contributed by atoms with van der Waals surface area (Å²) in [4.78, 5) is 2.33. The molecule has 0 atom stereocenters. The Kier molecular flexibility index (Phi) is 5.63. The molecule has 0 radical (unpaired) electrons. The fourth-order valence-corrected chi connectivity index (χ4v) is 3.84. The summed E-state index contributed by atoms with van der Waals surface area (Å²) < 4.78 is 8.03. The summed E-state index contributed by atoms with van der Waals surface area (Å²) in [6.45, 7) is 2.19. The van der Waals surface area contributed by atoms with Crippen molar-refractivity contribution in [2.75, 3.05) is 20.1 Å². The van der Waals surface area contributed by atoms with Gasteiger partial charge >= 0.3 is 122 Å². The number of likely N-dealkylation sites (tertiary alicyclic amines) is 1. The zero-order chi connectivity index (χ0) is 13.0. The molecule has 1 aliphatic rings. The molecule has 1 aliphatic heterocycles. The van der Waals surface area contributed by atoms with Gasteiger partial charge in [0, 0.05) is 0 Å². The first kappa shape index (κ1) is 14.5. The molecule has 102 valence electrons. The number of ether oxygens (including phenoxy) is 1. The molecule has 1 aromatic carbocycles. The van der Waals surface area contributed by atoms with Gasteiger partial charge in [-0.3, -0.25) is 0 Å². The molecule has 0 unspecified atom stereocenters. The molecule has 2 nitrogen and oxygen atoms in total. The van der Waals surface area contributed by atoms with Crippen molar-refractivity contribution in [3.05, 3.63) is 29.8 Å². The quantitative estimate of drug-likeness (QED) is 0.753. The van der Waals surface area contributed by atoms with Crippen molar-refractivity contribution in [1.29, 1.82) is 0 Å². The predicted molar refractivity (Wildman–Crippen MR) is 74.5 cm³/mol. The number of para-hydroxylation sites is 1. The van der Waals surface area contributed by atoms with Crippen LogP contribution in [0.4, 0.5) is 0 Å². The average Bonchev–Trinajstić information content (AvgIpc) is 2.34. The minimum atomic E-state index is -1.80. The summed E-state index contributed by atoms with van der Waals surface area (Å²) in [6.07, 6.45) is 2.46. The first-order valence-electron chi connectivity index (χ1n) is 5.92. The van der Waals surface area contributed by atoms with Gasteiger partial charge in [-0.1, -0.05) is 0 Å². The van der Waals surface area contributed by atoms with E-state index in [9.17, 15) is 0 Å². The van der Waals surface area contributed by atoms with E-state index < -0.39 is 13.5 Å². The Morgan fingerprint density at radius 2 is 1.94 bits per heavy atom. The molecule has 0 N–H and O–H groups in total. The fraction of sp³-hybridized carbons (Fsp3) is 0.462. The molecule has 1 heterocycles. The minimum absolute atomic E-state index is 0.307. The number of hydrogen-bond acceptors (Lipinski definition) is 2. The van der Waals surface area contributed by atoms with Gasteiger partial charge in [-0.25, -0.2) is 0 Å². The van der Waals surface area contributed by atoms with E-state index in [1.54, 1.807) is 0 Å². The third kappa shape index (κ3) is 4.31. The van der Waals surface area contributed by atoms with Crippen molar-refractivity contribution >= 4 is 24.0 Å². The zero-order valence-electron chi connectivity index (χ0n) is 10.3. The Labute approximate surface area is 121 Å². The van der Waals surface area contributed by atoms with E-state index in [1.807, 2.05) is 28.9 Å². The number of halogens is 2. The molecular formula is C13H17Cl2NORu. The average molecular weight is 375 g/mol. The van der Waals surface area contributed by atoms with E-state index in [-0.39, 0.29) is 0 Å². The van der Waals surface area contributed by atoms with Crippen molar-refractivity contribution in [1.82, 2.24) is 4.90 Å². The van der Waals surface area contributed by atoms with Gasteiger partial charge in [0.05, 0.1) is 0 Å². The Bertz CT molecular complexity index is 427. The molecular weight excluding hydrogens is 358 g/mol. The van der Waals surface area contributed by atoms with E-state index in [0.29, 0.717) is 6.10 Å². The Hall–Kier alpha value is 0.0534. The topological polar surface area (TPSA) is 12.5 Å². The molecule has 1 fully saturated rings. The molecule has 0 bridgehead atoms. The molecule has 18 heavy (non-hydrogen) atoms. The molecule has 2 rings (SSSR count). The van der Waals surface area contributed by atoms with Crippen LogP contribution in [0.3, 0.4) is 0 Å². The van der Waals surface area contributed by atoms with Crippen LogP contribution < -0.4 is 4.74 Å². The first-order chi connectivity index (χ1) is 8.65. The van der Waals surface area contributed by atoms with Crippen LogP contribution in [0.25, 0.3) is 0 Å². The number of hydrogen-bond donors (Lipinski definition) is 0. The van der Waals surface area contributed by atoms with Crippen molar-refractivity contribution < 1.29 is 18.3 Å². The standard InChI is InChI=1S/C13H17NO.2ClH.Ru/c1-11-5-3-4-6-13(11)15-12-7-9-14(2)10-8-12;;;/h1,3-6,12H,7-10H2,2H3;2*1H;/q;;;+2/p-2. The summed E-state index contributed by atoms with van der Waals surface area (Å²) in [5, 5.41) is 0. The Balaban J connectivity index is 2.07. The van der Waals surface area contributed by atoms with Crippen LogP contribution in [0.15, 0.2) is 24.3 Å². The van der Waals surface area contributed by atoms with Gasteiger partial charge in [-0.15, -0.1) is 0 Å². The van der Waals surface area contributed by atoms with E-state index in [2.05, 4.69) is 11.9 Å². The third-order valence-electron chi connectivity index (χ3n) is 3.07. The van der Waals surface area contributed by atoms with E-state index in [1.165, 1.54) is 0 Å². The van der Waals surface area contributed by atoms with Gasteiger partial charge in [-0.05, 0) is 0 Å². The molecule has 1 aromatic rings. The second kappa shape index (κ2) is 7.00. The molecule has 0 aromatic heterocycles. The normalized spacial score (nSPS) is 18.5. The molecule has 0 saturated carbocycles. The van der Waals surface area contributed by atoms with E-state index in [0.717, 1.165) is 37.2 Å². The maximum absolute atomic E-state index is 6.08.